The van der Waals surface area contributed by atoms with E-state index in [0.29, 0.717) is 12.0 Å². The highest BCUT2D eigenvalue weighted by Crippen LogP contribution is 2.24. The molecule has 1 aromatic heterocycles. The molecular formula is C15H28N4O. The molecule has 2 rings (SSSR count). The van der Waals surface area contributed by atoms with Gasteiger partial charge in [-0.25, -0.2) is 4.98 Å². The maximum atomic E-state index is 6.21. The van der Waals surface area contributed by atoms with Crippen LogP contribution < -0.4 is 10.6 Å². The van der Waals surface area contributed by atoms with Crippen LogP contribution in [0.1, 0.15) is 32.4 Å². The molecule has 1 aliphatic heterocycles. The number of aromatic nitrogens is 2. The summed E-state index contributed by atoms with van der Waals surface area (Å²) in [5, 5.41) is 0. The van der Waals surface area contributed by atoms with Gasteiger partial charge in [0.15, 0.2) is 0 Å². The number of rotatable bonds is 6. The lowest BCUT2D eigenvalue weighted by Crippen LogP contribution is -2.47. The van der Waals surface area contributed by atoms with E-state index in [-0.39, 0.29) is 0 Å². The van der Waals surface area contributed by atoms with E-state index in [1.165, 1.54) is 0 Å². The molecule has 2 atom stereocenters. The number of anilines is 1. The summed E-state index contributed by atoms with van der Waals surface area (Å²) in [6.07, 6.45) is 5.32. The van der Waals surface area contributed by atoms with Gasteiger partial charge in [0, 0.05) is 39.0 Å². The van der Waals surface area contributed by atoms with Crippen LogP contribution in [0.15, 0.2) is 6.20 Å². The molecule has 1 aliphatic rings. The summed E-state index contributed by atoms with van der Waals surface area (Å²) in [6, 6.07) is 0.337. The first-order valence-corrected chi connectivity index (χ1v) is 7.75. The maximum absolute atomic E-state index is 6.21. The lowest BCUT2D eigenvalue weighted by molar-refractivity contribution is 0.187. The van der Waals surface area contributed by atoms with E-state index in [1.807, 2.05) is 0 Å². The Bertz CT molecular complexity index is 418. The molecule has 20 heavy (non-hydrogen) atoms. The smallest absolute Gasteiger partial charge is 0.205 e. The quantitative estimate of drug-likeness (QED) is 0.861. The van der Waals surface area contributed by atoms with E-state index in [4.69, 9.17) is 15.5 Å². The third kappa shape index (κ3) is 3.33. The molecule has 0 aliphatic carbocycles. The minimum atomic E-state index is 0.337. The number of hydrogen-bond donors (Lipinski definition) is 1. The highest BCUT2D eigenvalue weighted by atomic mass is 16.5. The van der Waals surface area contributed by atoms with Gasteiger partial charge in [0.1, 0.15) is 0 Å². The summed E-state index contributed by atoms with van der Waals surface area (Å²) in [5.41, 5.74) is 7.36. The minimum absolute atomic E-state index is 0.337. The molecular weight excluding hydrogens is 252 g/mol. The largest absolute Gasteiger partial charge is 0.383 e. The Morgan fingerprint density at radius 1 is 1.45 bits per heavy atom. The van der Waals surface area contributed by atoms with E-state index >= 15 is 0 Å². The van der Waals surface area contributed by atoms with Gasteiger partial charge >= 0.3 is 0 Å². The topological polar surface area (TPSA) is 56.3 Å². The van der Waals surface area contributed by atoms with Gasteiger partial charge < -0.3 is 19.9 Å². The molecule has 0 bridgehead atoms. The van der Waals surface area contributed by atoms with Gasteiger partial charge in [-0.3, -0.25) is 0 Å². The van der Waals surface area contributed by atoms with Gasteiger partial charge in [-0.05, 0) is 18.8 Å². The Morgan fingerprint density at radius 2 is 2.25 bits per heavy atom. The van der Waals surface area contributed by atoms with Crippen LogP contribution >= 0.6 is 0 Å². The molecule has 2 heterocycles. The molecule has 114 valence electrons. The van der Waals surface area contributed by atoms with Crippen molar-refractivity contribution in [1.29, 1.82) is 0 Å². The second-order valence-electron chi connectivity index (χ2n) is 5.64. The molecule has 5 nitrogen and oxygen atoms in total. The Hall–Kier alpha value is -1.07. The second-order valence-corrected chi connectivity index (χ2v) is 5.64. The van der Waals surface area contributed by atoms with Crippen LogP contribution in [-0.4, -0.2) is 42.4 Å². The van der Waals surface area contributed by atoms with Gasteiger partial charge in [0.25, 0.3) is 0 Å². The first-order chi connectivity index (χ1) is 9.69. The Morgan fingerprint density at radius 3 is 2.90 bits per heavy atom. The average Bonchev–Trinajstić information content (AvgIpc) is 2.89. The predicted molar refractivity (Wildman–Crippen MR) is 82.1 cm³/mol. The number of hydrogen-bond acceptors (Lipinski definition) is 4. The number of ether oxygens (including phenoxy) is 1. The van der Waals surface area contributed by atoms with E-state index in [0.717, 1.165) is 57.1 Å². The van der Waals surface area contributed by atoms with Gasteiger partial charge in [0.2, 0.25) is 5.95 Å². The van der Waals surface area contributed by atoms with Gasteiger partial charge in [-0.2, -0.15) is 0 Å². The summed E-state index contributed by atoms with van der Waals surface area (Å²) in [7, 11) is 1.74. The lowest BCUT2D eigenvalue weighted by atomic mass is 9.91. The van der Waals surface area contributed by atoms with Gasteiger partial charge in [-0.15, -0.1) is 0 Å². The summed E-state index contributed by atoms with van der Waals surface area (Å²) in [4.78, 5) is 7.19. The Balaban J connectivity index is 2.15. The zero-order valence-corrected chi connectivity index (χ0v) is 13.0. The first kappa shape index (κ1) is 15.3. The molecule has 5 heteroatoms. The fraction of sp³-hybridized carbons (Fsp3) is 0.800. The highest BCUT2D eigenvalue weighted by molar-refractivity contribution is 5.35. The van der Waals surface area contributed by atoms with Crippen LogP contribution in [-0.2, 0) is 17.7 Å². The first-order valence-electron chi connectivity index (χ1n) is 7.75. The van der Waals surface area contributed by atoms with Crippen LogP contribution in [0.25, 0.3) is 0 Å². The van der Waals surface area contributed by atoms with Gasteiger partial charge in [-0.1, -0.05) is 20.3 Å². The number of nitrogens with two attached hydrogens (primary N) is 1. The van der Waals surface area contributed by atoms with Crippen molar-refractivity contribution in [2.45, 2.75) is 45.7 Å². The fourth-order valence-corrected chi connectivity index (χ4v) is 2.90. The van der Waals surface area contributed by atoms with Crippen LogP contribution in [0.3, 0.4) is 0 Å². The van der Waals surface area contributed by atoms with E-state index in [1.54, 1.807) is 7.11 Å². The third-order valence-corrected chi connectivity index (χ3v) is 4.30. The average molecular weight is 280 g/mol. The van der Waals surface area contributed by atoms with Crippen LogP contribution in [0.2, 0.25) is 0 Å². The summed E-state index contributed by atoms with van der Waals surface area (Å²) >= 11 is 0. The monoisotopic (exact) mass is 280 g/mol. The Kier molecular flexibility index (Phi) is 5.43. The number of imidazole rings is 1. The number of methoxy groups -OCH3 is 1. The standard InChI is InChI=1S/C15H28N4O/c1-4-12-10-18(7-6-14(12)16)15-17-13(5-2)11-19(15)8-9-20-3/h11-12,14H,4-10,16H2,1-3H3. The fourth-order valence-electron chi connectivity index (χ4n) is 2.90. The van der Waals surface area contributed by atoms with Crippen molar-refractivity contribution >= 4 is 5.95 Å². The molecule has 0 spiro atoms. The number of nitrogens with zero attached hydrogens (tertiary/aromatic N) is 3. The minimum Gasteiger partial charge on any atom is -0.383 e. The van der Waals surface area contributed by atoms with Crippen molar-refractivity contribution in [2.75, 3.05) is 31.7 Å². The zero-order chi connectivity index (χ0) is 14.5. The normalized spacial score (nSPS) is 23.3. The van der Waals surface area contributed by atoms with Crippen LogP contribution in [0, 0.1) is 5.92 Å². The molecule has 1 fully saturated rings. The van der Waals surface area contributed by atoms with Crippen molar-refractivity contribution in [3.63, 3.8) is 0 Å². The Labute approximate surface area is 122 Å². The molecule has 1 saturated heterocycles. The highest BCUT2D eigenvalue weighted by Gasteiger charge is 2.27. The predicted octanol–water partition coefficient (Wildman–Crippen LogP) is 1.66. The van der Waals surface area contributed by atoms with Crippen molar-refractivity contribution in [1.82, 2.24) is 9.55 Å². The van der Waals surface area contributed by atoms with Crippen molar-refractivity contribution < 1.29 is 4.74 Å². The van der Waals surface area contributed by atoms with E-state index < -0.39 is 0 Å². The van der Waals surface area contributed by atoms with Gasteiger partial charge in [0.05, 0.1) is 12.3 Å². The molecule has 0 aromatic carbocycles. The molecule has 1 aromatic rings. The molecule has 0 saturated carbocycles. The SMILES string of the molecule is CCc1cn(CCOC)c(N2CCC(N)C(CC)C2)n1. The zero-order valence-electron chi connectivity index (χ0n) is 13.0. The lowest BCUT2D eigenvalue weighted by Gasteiger charge is -2.37. The summed E-state index contributed by atoms with van der Waals surface area (Å²) < 4.78 is 7.43. The molecule has 2 unspecified atom stereocenters. The molecule has 2 N–H and O–H groups in total. The van der Waals surface area contributed by atoms with E-state index in [2.05, 4.69) is 29.5 Å². The third-order valence-electron chi connectivity index (χ3n) is 4.30. The van der Waals surface area contributed by atoms with E-state index in [9.17, 15) is 0 Å². The van der Waals surface area contributed by atoms with Crippen LogP contribution in [0.4, 0.5) is 5.95 Å². The number of piperidine rings is 1. The second kappa shape index (κ2) is 7.09. The summed E-state index contributed by atoms with van der Waals surface area (Å²) in [5.74, 6) is 1.66. The maximum Gasteiger partial charge on any atom is 0.205 e. The molecule has 0 radical (unpaired) electrons. The van der Waals surface area contributed by atoms with Crippen molar-refractivity contribution in [3.05, 3.63) is 11.9 Å². The van der Waals surface area contributed by atoms with Crippen molar-refractivity contribution in [2.24, 2.45) is 11.7 Å². The van der Waals surface area contributed by atoms with Crippen molar-refractivity contribution in [3.8, 4) is 0 Å². The summed E-state index contributed by atoms with van der Waals surface area (Å²) in [6.45, 7) is 7.97. The number of aryl methyl sites for hydroxylation is 1. The van der Waals surface area contributed by atoms with Crippen LogP contribution in [0.5, 0.6) is 0 Å². The molecule has 0 amide bonds.